The van der Waals surface area contributed by atoms with Crippen LogP contribution in [-0.4, -0.2) is 11.3 Å². The largest absolute Gasteiger partial charge is 0.485 e. The van der Waals surface area contributed by atoms with Gasteiger partial charge in [-0.3, -0.25) is 4.79 Å². The molecule has 0 aliphatic rings. The molecule has 5 heteroatoms. The number of para-hydroxylation sites is 1. The van der Waals surface area contributed by atoms with E-state index in [4.69, 9.17) is 16.3 Å². The van der Waals surface area contributed by atoms with Crippen molar-refractivity contribution in [3.8, 4) is 5.75 Å². The molecule has 1 aromatic carbocycles. The summed E-state index contributed by atoms with van der Waals surface area (Å²) >= 11 is 7.61. The second kappa shape index (κ2) is 5.98. The molecular formula is C13H12ClNO2S. The van der Waals surface area contributed by atoms with Gasteiger partial charge in [0, 0.05) is 5.38 Å². The summed E-state index contributed by atoms with van der Waals surface area (Å²) in [4.78, 5) is 15.3. The second-order valence-corrected chi connectivity index (χ2v) is 5.00. The summed E-state index contributed by atoms with van der Waals surface area (Å²) < 4.78 is 5.58. The molecule has 2 aromatic rings. The number of carbonyl (C=O) groups is 1. The molecule has 94 valence electrons. The third-order valence-electron chi connectivity index (χ3n) is 2.39. The van der Waals surface area contributed by atoms with Gasteiger partial charge in [0.25, 0.3) is 0 Å². The first-order chi connectivity index (χ1) is 8.74. The number of aldehydes is 1. The average molecular weight is 282 g/mol. The van der Waals surface area contributed by atoms with E-state index in [-0.39, 0.29) is 0 Å². The highest BCUT2D eigenvalue weighted by atomic mass is 35.5. The minimum absolute atomic E-state index is 0.321. The maximum Gasteiger partial charge on any atom is 0.153 e. The molecule has 1 aromatic heterocycles. The summed E-state index contributed by atoms with van der Waals surface area (Å²) in [5.74, 6) is 0.417. The third kappa shape index (κ3) is 2.89. The molecule has 0 aliphatic carbocycles. The third-order valence-corrected chi connectivity index (χ3v) is 3.73. The Balaban J connectivity index is 2.12. The van der Waals surface area contributed by atoms with Crippen LogP contribution < -0.4 is 4.74 Å². The first-order valence-corrected chi connectivity index (χ1v) is 6.80. The minimum Gasteiger partial charge on any atom is -0.485 e. The number of ether oxygens (including phenoxy) is 1. The molecule has 0 atom stereocenters. The Morgan fingerprint density at radius 1 is 1.50 bits per heavy atom. The molecule has 0 N–H and O–H groups in total. The zero-order chi connectivity index (χ0) is 13.0. The molecule has 0 saturated heterocycles. The molecule has 3 nitrogen and oxygen atoms in total. The number of halogens is 1. The van der Waals surface area contributed by atoms with Gasteiger partial charge in [0.2, 0.25) is 0 Å². The Hall–Kier alpha value is -1.39. The fraction of sp³-hybridized carbons (Fsp3) is 0.231. The number of aromatic nitrogens is 1. The van der Waals surface area contributed by atoms with E-state index < -0.39 is 0 Å². The predicted molar refractivity (Wildman–Crippen MR) is 72.7 cm³/mol. The molecule has 0 bridgehead atoms. The van der Waals surface area contributed by atoms with Gasteiger partial charge in [0.1, 0.15) is 12.4 Å². The van der Waals surface area contributed by atoms with Crippen molar-refractivity contribution in [1.29, 1.82) is 0 Å². The van der Waals surface area contributed by atoms with E-state index >= 15 is 0 Å². The maximum absolute atomic E-state index is 10.9. The number of aryl methyl sites for hydroxylation is 1. The summed E-state index contributed by atoms with van der Waals surface area (Å²) in [5.41, 5.74) is 1.31. The van der Waals surface area contributed by atoms with Crippen molar-refractivity contribution < 1.29 is 9.53 Å². The van der Waals surface area contributed by atoms with Crippen LogP contribution in [0.4, 0.5) is 0 Å². The van der Waals surface area contributed by atoms with E-state index in [1.54, 1.807) is 29.5 Å². The zero-order valence-electron chi connectivity index (χ0n) is 9.85. The van der Waals surface area contributed by atoms with Crippen LogP contribution in [0.25, 0.3) is 0 Å². The second-order valence-electron chi connectivity index (χ2n) is 3.65. The van der Waals surface area contributed by atoms with Crippen LogP contribution in [0, 0.1) is 0 Å². The number of hydrogen-bond acceptors (Lipinski definition) is 4. The van der Waals surface area contributed by atoms with Gasteiger partial charge in [0.15, 0.2) is 6.29 Å². The highest BCUT2D eigenvalue weighted by molar-refractivity contribution is 7.09. The molecule has 0 aliphatic heterocycles. The SMILES string of the molecule is CCc1nc(COc2c(Cl)cccc2C=O)cs1. The van der Waals surface area contributed by atoms with Crippen LogP contribution in [0.3, 0.4) is 0 Å². The molecule has 0 amide bonds. The van der Waals surface area contributed by atoms with Crippen molar-refractivity contribution in [3.63, 3.8) is 0 Å². The lowest BCUT2D eigenvalue weighted by Gasteiger charge is -2.08. The van der Waals surface area contributed by atoms with Gasteiger partial charge in [-0.2, -0.15) is 0 Å². The van der Waals surface area contributed by atoms with E-state index in [0.717, 1.165) is 23.4 Å². The van der Waals surface area contributed by atoms with Gasteiger partial charge in [-0.1, -0.05) is 24.6 Å². The number of thiazole rings is 1. The van der Waals surface area contributed by atoms with Crippen LogP contribution in [-0.2, 0) is 13.0 Å². The maximum atomic E-state index is 10.9. The highest BCUT2D eigenvalue weighted by Crippen LogP contribution is 2.28. The number of hydrogen-bond donors (Lipinski definition) is 0. The standard InChI is InChI=1S/C13H12ClNO2S/c1-2-12-15-10(8-18-12)7-17-13-9(6-16)4-3-5-11(13)14/h3-6,8H,2,7H2,1H3. The molecule has 2 rings (SSSR count). The lowest BCUT2D eigenvalue weighted by atomic mass is 10.2. The van der Waals surface area contributed by atoms with Crippen molar-refractivity contribution in [3.05, 3.63) is 44.9 Å². The van der Waals surface area contributed by atoms with Crippen molar-refractivity contribution in [2.24, 2.45) is 0 Å². The van der Waals surface area contributed by atoms with Crippen molar-refractivity contribution in [1.82, 2.24) is 4.98 Å². The van der Waals surface area contributed by atoms with Gasteiger partial charge < -0.3 is 4.74 Å². The summed E-state index contributed by atoms with van der Waals surface area (Å²) in [7, 11) is 0. The quantitative estimate of drug-likeness (QED) is 0.784. The lowest BCUT2D eigenvalue weighted by Crippen LogP contribution is -1.99. The summed E-state index contributed by atoms with van der Waals surface area (Å²) in [6.07, 6.45) is 1.65. The fourth-order valence-electron chi connectivity index (χ4n) is 1.49. The first-order valence-electron chi connectivity index (χ1n) is 5.54. The van der Waals surface area contributed by atoms with Crippen LogP contribution in [0.1, 0.15) is 28.0 Å². The van der Waals surface area contributed by atoms with Gasteiger partial charge in [0.05, 0.1) is 21.3 Å². The Morgan fingerprint density at radius 2 is 2.33 bits per heavy atom. The molecule has 1 heterocycles. The van der Waals surface area contributed by atoms with Gasteiger partial charge in [-0.15, -0.1) is 11.3 Å². The average Bonchev–Trinajstić information content (AvgIpc) is 2.85. The fourth-order valence-corrected chi connectivity index (χ4v) is 2.46. The Kier molecular flexibility index (Phi) is 4.33. The molecule has 0 radical (unpaired) electrons. The monoisotopic (exact) mass is 281 g/mol. The van der Waals surface area contributed by atoms with Crippen molar-refractivity contribution in [2.45, 2.75) is 20.0 Å². The Bertz CT molecular complexity index is 554. The number of nitrogens with zero attached hydrogens (tertiary/aromatic N) is 1. The van der Waals surface area contributed by atoms with E-state index in [2.05, 4.69) is 11.9 Å². The Morgan fingerprint density at radius 3 is 3.00 bits per heavy atom. The van der Waals surface area contributed by atoms with Crippen molar-refractivity contribution >= 4 is 29.2 Å². The number of rotatable bonds is 5. The van der Waals surface area contributed by atoms with Crippen LogP contribution in [0.15, 0.2) is 23.6 Å². The van der Waals surface area contributed by atoms with Crippen LogP contribution >= 0.6 is 22.9 Å². The lowest BCUT2D eigenvalue weighted by molar-refractivity contribution is 0.111. The normalized spacial score (nSPS) is 10.3. The van der Waals surface area contributed by atoms with Crippen molar-refractivity contribution in [2.75, 3.05) is 0 Å². The van der Waals surface area contributed by atoms with E-state index in [1.165, 1.54) is 0 Å². The number of benzene rings is 1. The predicted octanol–water partition coefficient (Wildman–Crippen LogP) is 3.75. The summed E-state index contributed by atoms with van der Waals surface area (Å²) in [5, 5.41) is 3.46. The van der Waals surface area contributed by atoms with Gasteiger partial charge >= 0.3 is 0 Å². The molecule has 0 unspecified atom stereocenters. The molecule has 18 heavy (non-hydrogen) atoms. The van der Waals surface area contributed by atoms with Crippen LogP contribution in [0.5, 0.6) is 5.75 Å². The summed E-state index contributed by atoms with van der Waals surface area (Å²) in [6, 6.07) is 5.09. The van der Waals surface area contributed by atoms with Crippen LogP contribution in [0.2, 0.25) is 5.02 Å². The highest BCUT2D eigenvalue weighted by Gasteiger charge is 2.09. The minimum atomic E-state index is 0.321. The van der Waals surface area contributed by atoms with E-state index in [1.807, 2.05) is 5.38 Å². The van der Waals surface area contributed by atoms with Gasteiger partial charge in [-0.05, 0) is 18.6 Å². The topological polar surface area (TPSA) is 39.2 Å². The zero-order valence-corrected chi connectivity index (χ0v) is 11.4. The molecule has 0 fully saturated rings. The summed E-state index contributed by atoms with van der Waals surface area (Å²) in [6.45, 7) is 2.38. The van der Waals surface area contributed by atoms with E-state index in [9.17, 15) is 4.79 Å². The van der Waals surface area contributed by atoms with Gasteiger partial charge in [-0.25, -0.2) is 4.98 Å². The molecule has 0 spiro atoms. The number of carbonyl (C=O) groups excluding carboxylic acids is 1. The smallest absolute Gasteiger partial charge is 0.153 e. The molecular weight excluding hydrogens is 270 g/mol. The first kappa shape index (κ1) is 13.1. The molecule has 0 saturated carbocycles. The van der Waals surface area contributed by atoms with E-state index in [0.29, 0.717) is 22.9 Å². The Labute approximate surface area is 114 Å².